The second kappa shape index (κ2) is 5.31. The highest BCUT2D eigenvalue weighted by molar-refractivity contribution is 5.76. The number of nitrogens with one attached hydrogen (secondary N) is 1. The molecule has 1 fully saturated rings. The van der Waals surface area contributed by atoms with Gasteiger partial charge in [0.05, 0.1) is 6.10 Å². The fourth-order valence-electron chi connectivity index (χ4n) is 2.21. The first kappa shape index (κ1) is 10.7. The number of amides is 1. The fraction of sp³-hybridized carbons (Fsp3) is 0.750. The molecule has 0 aromatic heterocycles. The van der Waals surface area contributed by atoms with Crippen molar-refractivity contribution in [3.05, 3.63) is 12.2 Å². The Bertz CT molecular complexity index is 244. The Morgan fingerprint density at radius 3 is 3.07 bits per heavy atom. The van der Waals surface area contributed by atoms with Crippen LogP contribution in [-0.4, -0.2) is 25.2 Å². The highest BCUT2D eigenvalue weighted by atomic mass is 16.5. The molecule has 0 radical (unpaired) electrons. The third-order valence-corrected chi connectivity index (χ3v) is 3.11. The predicted molar refractivity (Wildman–Crippen MR) is 58.5 cm³/mol. The lowest BCUT2D eigenvalue weighted by Gasteiger charge is -2.12. The maximum absolute atomic E-state index is 11.6. The normalized spacial score (nSPS) is 29.6. The zero-order chi connectivity index (χ0) is 10.5. The molecule has 1 heterocycles. The minimum Gasteiger partial charge on any atom is -0.376 e. The maximum atomic E-state index is 11.6. The number of carbonyl (C=O) groups excluding carboxylic acids is 1. The molecule has 3 heteroatoms. The van der Waals surface area contributed by atoms with Crippen LogP contribution in [0.25, 0.3) is 0 Å². The minimum absolute atomic E-state index is 0.169. The van der Waals surface area contributed by atoms with Gasteiger partial charge in [0, 0.05) is 19.6 Å². The zero-order valence-corrected chi connectivity index (χ0v) is 9.08. The monoisotopic (exact) mass is 209 g/mol. The van der Waals surface area contributed by atoms with Gasteiger partial charge in [-0.15, -0.1) is 0 Å². The van der Waals surface area contributed by atoms with Crippen molar-refractivity contribution < 1.29 is 9.53 Å². The summed E-state index contributed by atoms with van der Waals surface area (Å²) in [7, 11) is 0. The Hall–Kier alpha value is -0.830. The molecule has 0 aromatic carbocycles. The van der Waals surface area contributed by atoms with Gasteiger partial charge < -0.3 is 10.1 Å². The van der Waals surface area contributed by atoms with Crippen molar-refractivity contribution in [2.75, 3.05) is 13.2 Å². The van der Waals surface area contributed by atoms with Gasteiger partial charge in [-0.3, -0.25) is 4.79 Å². The predicted octanol–water partition coefficient (Wildman–Crippen LogP) is 1.64. The van der Waals surface area contributed by atoms with Crippen molar-refractivity contribution in [3.63, 3.8) is 0 Å². The van der Waals surface area contributed by atoms with E-state index in [4.69, 9.17) is 4.74 Å². The Morgan fingerprint density at radius 1 is 1.47 bits per heavy atom. The zero-order valence-electron chi connectivity index (χ0n) is 9.08. The maximum Gasteiger partial charge on any atom is 0.220 e. The summed E-state index contributed by atoms with van der Waals surface area (Å²) in [6, 6.07) is 0. The molecule has 3 nitrogen and oxygen atoms in total. The van der Waals surface area contributed by atoms with Crippen molar-refractivity contribution in [2.45, 2.75) is 38.2 Å². The third kappa shape index (κ3) is 3.34. The molecule has 0 aromatic rings. The summed E-state index contributed by atoms with van der Waals surface area (Å²) in [6.45, 7) is 1.54. The number of ether oxygens (including phenoxy) is 1. The first-order chi connectivity index (χ1) is 7.34. The van der Waals surface area contributed by atoms with Gasteiger partial charge in [-0.25, -0.2) is 0 Å². The summed E-state index contributed by atoms with van der Waals surface area (Å²) >= 11 is 0. The molecular weight excluding hydrogens is 190 g/mol. The van der Waals surface area contributed by atoms with Gasteiger partial charge in [-0.05, 0) is 31.6 Å². The average Bonchev–Trinajstić information content (AvgIpc) is 2.86. The second-order valence-corrected chi connectivity index (χ2v) is 4.41. The summed E-state index contributed by atoms with van der Waals surface area (Å²) in [4.78, 5) is 11.6. The van der Waals surface area contributed by atoms with Crippen LogP contribution >= 0.6 is 0 Å². The molecule has 0 spiro atoms. The van der Waals surface area contributed by atoms with Crippen LogP contribution in [0.15, 0.2) is 12.2 Å². The Balaban J connectivity index is 1.61. The summed E-state index contributed by atoms with van der Waals surface area (Å²) in [5, 5.41) is 2.95. The molecule has 84 valence electrons. The van der Waals surface area contributed by atoms with Gasteiger partial charge in [-0.2, -0.15) is 0 Å². The second-order valence-electron chi connectivity index (χ2n) is 4.41. The van der Waals surface area contributed by atoms with Crippen LogP contribution < -0.4 is 5.32 Å². The van der Waals surface area contributed by atoms with Crippen molar-refractivity contribution in [3.8, 4) is 0 Å². The third-order valence-electron chi connectivity index (χ3n) is 3.11. The fourth-order valence-corrected chi connectivity index (χ4v) is 2.21. The molecule has 1 N–H and O–H groups in total. The summed E-state index contributed by atoms with van der Waals surface area (Å²) in [5.41, 5.74) is 0. The summed E-state index contributed by atoms with van der Waals surface area (Å²) < 4.78 is 5.44. The Morgan fingerprint density at radius 2 is 2.40 bits per heavy atom. The van der Waals surface area contributed by atoms with Gasteiger partial charge in [0.2, 0.25) is 5.91 Å². The van der Waals surface area contributed by atoms with Crippen molar-refractivity contribution in [2.24, 2.45) is 5.92 Å². The quantitative estimate of drug-likeness (QED) is 0.715. The number of hydrogen-bond donors (Lipinski definition) is 1. The minimum atomic E-state index is 0.169. The largest absolute Gasteiger partial charge is 0.376 e. The Labute approximate surface area is 90.9 Å². The SMILES string of the molecule is O=C(CC1C=CCC1)NCC1CCCO1. The summed E-state index contributed by atoms with van der Waals surface area (Å²) in [5.74, 6) is 0.636. The topological polar surface area (TPSA) is 38.3 Å². The molecule has 15 heavy (non-hydrogen) atoms. The van der Waals surface area contributed by atoms with Crippen molar-refractivity contribution in [1.29, 1.82) is 0 Å². The van der Waals surface area contributed by atoms with E-state index < -0.39 is 0 Å². The standard InChI is InChI=1S/C12H19NO2/c14-12(8-10-4-1-2-5-10)13-9-11-6-3-7-15-11/h1,4,10-11H,2-3,5-9H2,(H,13,14). The molecule has 1 aliphatic carbocycles. The van der Waals surface area contributed by atoms with Gasteiger partial charge in [0.15, 0.2) is 0 Å². The molecule has 2 unspecified atom stereocenters. The van der Waals surface area contributed by atoms with Crippen molar-refractivity contribution >= 4 is 5.91 Å². The molecule has 0 saturated carbocycles. The van der Waals surface area contributed by atoms with E-state index in [9.17, 15) is 4.79 Å². The highest BCUT2D eigenvalue weighted by Gasteiger charge is 2.18. The smallest absolute Gasteiger partial charge is 0.220 e. The first-order valence-electron chi connectivity index (χ1n) is 5.89. The van der Waals surface area contributed by atoms with Crippen LogP contribution in [0.5, 0.6) is 0 Å². The summed E-state index contributed by atoms with van der Waals surface area (Å²) in [6.07, 6.45) is 9.70. The molecule has 1 aliphatic heterocycles. The van der Waals surface area contributed by atoms with Crippen LogP contribution in [-0.2, 0) is 9.53 Å². The highest BCUT2D eigenvalue weighted by Crippen LogP contribution is 2.20. The van der Waals surface area contributed by atoms with Crippen molar-refractivity contribution in [1.82, 2.24) is 5.32 Å². The average molecular weight is 209 g/mol. The molecular formula is C12H19NO2. The molecule has 1 amide bonds. The van der Waals surface area contributed by atoms with Gasteiger partial charge in [0.1, 0.15) is 0 Å². The van der Waals surface area contributed by atoms with Crippen LogP contribution in [0.4, 0.5) is 0 Å². The first-order valence-corrected chi connectivity index (χ1v) is 5.89. The van der Waals surface area contributed by atoms with Gasteiger partial charge >= 0.3 is 0 Å². The Kier molecular flexibility index (Phi) is 3.78. The van der Waals surface area contributed by atoms with Gasteiger partial charge in [0.25, 0.3) is 0 Å². The van der Waals surface area contributed by atoms with Gasteiger partial charge in [-0.1, -0.05) is 12.2 Å². The van der Waals surface area contributed by atoms with E-state index in [-0.39, 0.29) is 12.0 Å². The number of rotatable bonds is 4. The number of carbonyl (C=O) groups is 1. The van der Waals surface area contributed by atoms with E-state index in [0.29, 0.717) is 18.9 Å². The molecule has 2 atom stereocenters. The lowest BCUT2D eigenvalue weighted by molar-refractivity contribution is -0.122. The van der Waals surface area contributed by atoms with Crippen LogP contribution in [0.3, 0.4) is 0 Å². The molecule has 0 bridgehead atoms. The van der Waals surface area contributed by atoms with Crippen LogP contribution in [0, 0.1) is 5.92 Å². The number of allylic oxidation sites excluding steroid dienone is 2. The lowest BCUT2D eigenvalue weighted by atomic mass is 10.1. The molecule has 2 aliphatic rings. The van der Waals surface area contributed by atoms with Crippen LogP contribution in [0.1, 0.15) is 32.1 Å². The van der Waals surface area contributed by atoms with E-state index in [1.165, 1.54) is 0 Å². The van der Waals surface area contributed by atoms with E-state index in [0.717, 1.165) is 32.3 Å². The van der Waals surface area contributed by atoms with E-state index in [2.05, 4.69) is 17.5 Å². The van der Waals surface area contributed by atoms with Crippen LogP contribution in [0.2, 0.25) is 0 Å². The molecule has 1 saturated heterocycles. The number of hydrogen-bond acceptors (Lipinski definition) is 2. The van der Waals surface area contributed by atoms with E-state index in [1.807, 2.05) is 0 Å². The lowest BCUT2D eigenvalue weighted by Crippen LogP contribution is -2.32. The van der Waals surface area contributed by atoms with E-state index >= 15 is 0 Å². The van der Waals surface area contributed by atoms with E-state index in [1.54, 1.807) is 0 Å². The molecule has 2 rings (SSSR count).